The summed E-state index contributed by atoms with van der Waals surface area (Å²) < 4.78 is 4.53. The predicted octanol–water partition coefficient (Wildman–Crippen LogP) is 1.58. The smallest absolute Gasteiger partial charge is 0.339 e. The molecule has 0 fully saturated rings. The fourth-order valence-electron chi connectivity index (χ4n) is 1.74. The normalized spacial score (nSPS) is 12.1. The number of benzene rings is 1. The number of aryl methyl sites for hydroxylation is 1. The molecule has 1 N–H and O–H groups in total. The molecule has 0 saturated carbocycles. The van der Waals surface area contributed by atoms with Gasteiger partial charge in [-0.15, -0.1) is 0 Å². The maximum atomic E-state index is 11.3. The number of hydrogen-bond acceptors (Lipinski definition) is 4. The summed E-state index contributed by atoms with van der Waals surface area (Å²) in [5, 5.41) is 9.82. The second-order valence-electron chi connectivity index (χ2n) is 4.30. The predicted molar refractivity (Wildman–Crippen MR) is 67.2 cm³/mol. The van der Waals surface area contributed by atoms with E-state index in [1.54, 1.807) is 0 Å². The molecule has 0 aliphatic carbocycles. The lowest BCUT2D eigenvalue weighted by molar-refractivity contribution is -0.150. The van der Waals surface area contributed by atoms with Gasteiger partial charge in [0.05, 0.1) is 7.11 Å². The fraction of sp³-hybridized carbons (Fsp3) is 0.462. The van der Waals surface area contributed by atoms with Crippen LogP contribution in [0.3, 0.4) is 0 Å². The second kappa shape index (κ2) is 5.19. The zero-order valence-corrected chi connectivity index (χ0v) is 10.9. The van der Waals surface area contributed by atoms with E-state index in [0.717, 1.165) is 16.8 Å². The van der Waals surface area contributed by atoms with Crippen molar-refractivity contribution in [2.45, 2.75) is 20.0 Å². The highest BCUT2D eigenvalue weighted by Gasteiger charge is 2.20. The average Bonchev–Trinajstić information content (AvgIpc) is 2.30. The molecular weight excluding hydrogens is 218 g/mol. The molecule has 0 heterocycles. The van der Waals surface area contributed by atoms with Crippen LogP contribution >= 0.6 is 0 Å². The largest absolute Gasteiger partial charge is 0.467 e. The zero-order valence-electron chi connectivity index (χ0n) is 10.9. The van der Waals surface area contributed by atoms with Crippen LogP contribution in [0.5, 0.6) is 0 Å². The van der Waals surface area contributed by atoms with Gasteiger partial charge in [-0.05, 0) is 36.6 Å². The Labute approximate surface area is 102 Å². The lowest BCUT2D eigenvalue weighted by Gasteiger charge is -2.20. The van der Waals surface area contributed by atoms with Gasteiger partial charge in [-0.2, -0.15) is 0 Å². The molecule has 94 valence electrons. The Bertz CT molecular complexity index is 427. The number of aliphatic hydroxyl groups is 1. The molecule has 1 aromatic carbocycles. The van der Waals surface area contributed by atoms with E-state index in [9.17, 15) is 9.90 Å². The van der Waals surface area contributed by atoms with Gasteiger partial charge in [-0.3, -0.25) is 0 Å². The van der Waals surface area contributed by atoms with Gasteiger partial charge < -0.3 is 14.7 Å². The molecular formula is C13H19NO3. The molecule has 1 atom stereocenters. The minimum atomic E-state index is -1.22. The van der Waals surface area contributed by atoms with E-state index >= 15 is 0 Å². The number of anilines is 1. The molecule has 1 aromatic rings. The third kappa shape index (κ3) is 2.77. The van der Waals surface area contributed by atoms with Crippen LogP contribution in [0, 0.1) is 13.8 Å². The van der Waals surface area contributed by atoms with Gasteiger partial charge in [0.15, 0.2) is 6.10 Å². The molecule has 4 heteroatoms. The van der Waals surface area contributed by atoms with Crippen molar-refractivity contribution < 1.29 is 14.6 Å². The first-order chi connectivity index (χ1) is 7.88. The second-order valence-corrected chi connectivity index (χ2v) is 4.30. The molecule has 0 aliphatic rings. The molecule has 17 heavy (non-hydrogen) atoms. The van der Waals surface area contributed by atoms with Gasteiger partial charge in [0, 0.05) is 19.8 Å². The number of nitrogens with zero attached hydrogens (tertiary/aromatic N) is 1. The molecule has 0 saturated heterocycles. The summed E-state index contributed by atoms with van der Waals surface area (Å²) in [4.78, 5) is 13.3. The van der Waals surface area contributed by atoms with E-state index in [1.165, 1.54) is 7.11 Å². The van der Waals surface area contributed by atoms with Crippen LogP contribution in [0.2, 0.25) is 0 Å². The monoisotopic (exact) mass is 237 g/mol. The van der Waals surface area contributed by atoms with Crippen LogP contribution in [0.25, 0.3) is 0 Å². The lowest BCUT2D eigenvalue weighted by atomic mass is 10.00. The van der Waals surface area contributed by atoms with Crippen LogP contribution in [-0.4, -0.2) is 32.3 Å². The number of carbonyl (C=O) groups is 1. The molecule has 0 aliphatic heterocycles. The van der Waals surface area contributed by atoms with Crippen molar-refractivity contribution >= 4 is 11.7 Å². The summed E-state index contributed by atoms with van der Waals surface area (Å²) in [5.41, 5.74) is 3.72. The number of ether oxygens (including phenoxy) is 1. The highest BCUT2D eigenvalue weighted by Crippen LogP contribution is 2.27. The SMILES string of the molecule is COC(=O)C(O)c1cc(C)c(C)c(N(C)C)c1. The van der Waals surface area contributed by atoms with Crippen molar-refractivity contribution in [3.8, 4) is 0 Å². The number of aliphatic hydroxyl groups excluding tert-OH is 1. The Balaban J connectivity index is 3.23. The first-order valence-corrected chi connectivity index (χ1v) is 5.42. The van der Waals surface area contributed by atoms with Gasteiger partial charge in [0.1, 0.15) is 0 Å². The van der Waals surface area contributed by atoms with Gasteiger partial charge in [-0.25, -0.2) is 4.79 Å². The number of methoxy groups -OCH3 is 1. The van der Waals surface area contributed by atoms with Crippen LogP contribution in [0.15, 0.2) is 12.1 Å². The standard InChI is InChI=1S/C13H19NO3/c1-8-6-10(12(15)13(16)17-5)7-11(9(8)2)14(3)4/h6-7,12,15H,1-5H3. The highest BCUT2D eigenvalue weighted by molar-refractivity contribution is 5.77. The molecule has 0 amide bonds. The van der Waals surface area contributed by atoms with E-state index in [4.69, 9.17) is 0 Å². The molecule has 0 spiro atoms. The summed E-state index contributed by atoms with van der Waals surface area (Å²) in [6.07, 6.45) is -1.22. The van der Waals surface area contributed by atoms with Crippen molar-refractivity contribution in [3.63, 3.8) is 0 Å². The van der Waals surface area contributed by atoms with E-state index in [-0.39, 0.29) is 0 Å². The van der Waals surface area contributed by atoms with Crippen LogP contribution in [-0.2, 0) is 9.53 Å². The third-order valence-electron chi connectivity index (χ3n) is 2.88. The Kier molecular flexibility index (Phi) is 4.12. The first-order valence-electron chi connectivity index (χ1n) is 5.42. The minimum absolute atomic E-state index is 0.559. The van der Waals surface area contributed by atoms with E-state index < -0.39 is 12.1 Å². The summed E-state index contributed by atoms with van der Waals surface area (Å²) >= 11 is 0. The van der Waals surface area contributed by atoms with Gasteiger partial charge >= 0.3 is 5.97 Å². The van der Waals surface area contributed by atoms with Gasteiger partial charge in [0.2, 0.25) is 0 Å². The molecule has 0 aromatic heterocycles. The van der Waals surface area contributed by atoms with Crippen molar-refractivity contribution in [1.29, 1.82) is 0 Å². The van der Waals surface area contributed by atoms with E-state index in [0.29, 0.717) is 5.56 Å². The van der Waals surface area contributed by atoms with Gasteiger partial charge in [0.25, 0.3) is 0 Å². The number of carbonyl (C=O) groups excluding carboxylic acids is 1. The van der Waals surface area contributed by atoms with Crippen molar-refractivity contribution in [3.05, 3.63) is 28.8 Å². The number of hydrogen-bond donors (Lipinski definition) is 1. The molecule has 1 rings (SSSR count). The summed E-state index contributed by atoms with van der Waals surface area (Å²) in [5.74, 6) is -0.641. The zero-order chi connectivity index (χ0) is 13.2. The Morgan fingerprint density at radius 1 is 1.35 bits per heavy atom. The number of rotatable bonds is 3. The minimum Gasteiger partial charge on any atom is -0.467 e. The van der Waals surface area contributed by atoms with Gasteiger partial charge in [-0.1, -0.05) is 6.07 Å². The molecule has 0 bridgehead atoms. The van der Waals surface area contributed by atoms with Crippen LogP contribution in [0.4, 0.5) is 5.69 Å². The lowest BCUT2D eigenvalue weighted by Crippen LogP contribution is -2.16. The highest BCUT2D eigenvalue weighted by atomic mass is 16.5. The average molecular weight is 237 g/mol. The third-order valence-corrected chi connectivity index (χ3v) is 2.88. The van der Waals surface area contributed by atoms with Crippen LogP contribution in [0.1, 0.15) is 22.8 Å². The quantitative estimate of drug-likeness (QED) is 0.811. The molecule has 0 radical (unpaired) electrons. The van der Waals surface area contributed by atoms with Crippen molar-refractivity contribution in [2.75, 3.05) is 26.1 Å². The summed E-state index contributed by atoms with van der Waals surface area (Å²) in [6, 6.07) is 3.62. The Morgan fingerprint density at radius 2 is 1.94 bits per heavy atom. The molecule has 1 unspecified atom stereocenters. The maximum absolute atomic E-state index is 11.3. The Hall–Kier alpha value is -1.55. The fourth-order valence-corrected chi connectivity index (χ4v) is 1.74. The van der Waals surface area contributed by atoms with E-state index in [2.05, 4.69) is 4.74 Å². The Morgan fingerprint density at radius 3 is 2.41 bits per heavy atom. The molecule has 4 nitrogen and oxygen atoms in total. The first kappa shape index (κ1) is 13.5. The van der Waals surface area contributed by atoms with Crippen LogP contribution < -0.4 is 4.90 Å². The summed E-state index contributed by atoms with van der Waals surface area (Å²) in [7, 11) is 5.12. The maximum Gasteiger partial charge on any atom is 0.339 e. The topological polar surface area (TPSA) is 49.8 Å². The van der Waals surface area contributed by atoms with E-state index in [1.807, 2.05) is 45.0 Å². The summed E-state index contributed by atoms with van der Waals surface area (Å²) in [6.45, 7) is 3.97. The number of esters is 1. The van der Waals surface area contributed by atoms with Crippen molar-refractivity contribution in [2.24, 2.45) is 0 Å². The van der Waals surface area contributed by atoms with Crippen molar-refractivity contribution in [1.82, 2.24) is 0 Å².